The Morgan fingerprint density at radius 1 is 1.47 bits per heavy atom. The van der Waals surface area contributed by atoms with Gasteiger partial charge in [-0.3, -0.25) is 0 Å². The number of aliphatic hydroxyl groups excluding tert-OH is 1. The van der Waals surface area contributed by atoms with Gasteiger partial charge in [0.2, 0.25) is 0 Å². The van der Waals surface area contributed by atoms with E-state index in [1.54, 1.807) is 7.11 Å². The molecule has 92 valence electrons. The van der Waals surface area contributed by atoms with Crippen LogP contribution in [-0.2, 0) is 6.42 Å². The van der Waals surface area contributed by atoms with E-state index in [4.69, 9.17) is 4.74 Å². The van der Waals surface area contributed by atoms with E-state index in [1.165, 1.54) is 11.1 Å². The van der Waals surface area contributed by atoms with Crippen LogP contribution in [0, 0.1) is 0 Å². The van der Waals surface area contributed by atoms with Gasteiger partial charge in [-0.15, -0.1) is 0 Å². The summed E-state index contributed by atoms with van der Waals surface area (Å²) in [6.07, 6.45) is 5.75. The van der Waals surface area contributed by atoms with Gasteiger partial charge in [-0.05, 0) is 59.3 Å². The summed E-state index contributed by atoms with van der Waals surface area (Å²) < 4.78 is 6.19. The lowest BCUT2D eigenvalue weighted by molar-refractivity contribution is 0.202. The molecule has 2 nitrogen and oxygen atoms in total. The third-order valence-corrected chi connectivity index (χ3v) is 3.69. The minimum absolute atomic E-state index is 0.250. The van der Waals surface area contributed by atoms with Crippen molar-refractivity contribution in [1.29, 1.82) is 0 Å². The van der Waals surface area contributed by atoms with Gasteiger partial charge in [0.1, 0.15) is 5.75 Å². The second kappa shape index (κ2) is 5.69. The molecule has 1 aromatic carbocycles. The van der Waals surface area contributed by atoms with Crippen molar-refractivity contribution in [2.24, 2.45) is 0 Å². The number of halogens is 1. The standard InChI is InChI=1S/C14H17BrO2/c1-17-14-6-5-11(9-13(14)15)7-10-3-2-4-12(16)8-10/h5-6,8-9,12,16H,2-4,7H2,1H3. The molecule has 2 rings (SSSR count). The van der Waals surface area contributed by atoms with Crippen LogP contribution >= 0.6 is 15.9 Å². The van der Waals surface area contributed by atoms with Crippen LogP contribution in [0.2, 0.25) is 0 Å². The van der Waals surface area contributed by atoms with E-state index in [2.05, 4.69) is 28.1 Å². The highest BCUT2D eigenvalue weighted by Crippen LogP contribution is 2.28. The van der Waals surface area contributed by atoms with Crippen LogP contribution in [0.1, 0.15) is 24.8 Å². The van der Waals surface area contributed by atoms with Crippen molar-refractivity contribution < 1.29 is 9.84 Å². The minimum atomic E-state index is -0.250. The first-order valence-corrected chi connectivity index (χ1v) is 6.68. The van der Waals surface area contributed by atoms with E-state index < -0.39 is 0 Å². The molecule has 3 heteroatoms. The minimum Gasteiger partial charge on any atom is -0.496 e. The highest BCUT2D eigenvalue weighted by atomic mass is 79.9. The zero-order valence-electron chi connectivity index (χ0n) is 9.95. The maximum Gasteiger partial charge on any atom is 0.133 e. The number of hydrogen-bond donors (Lipinski definition) is 1. The number of methoxy groups -OCH3 is 1. The van der Waals surface area contributed by atoms with Crippen molar-refractivity contribution >= 4 is 15.9 Å². The molecule has 1 aliphatic carbocycles. The maximum absolute atomic E-state index is 9.59. The summed E-state index contributed by atoms with van der Waals surface area (Å²) in [5.41, 5.74) is 2.58. The third kappa shape index (κ3) is 3.33. The van der Waals surface area contributed by atoms with E-state index in [0.29, 0.717) is 0 Å². The number of benzene rings is 1. The number of rotatable bonds is 3. The Labute approximate surface area is 110 Å². The monoisotopic (exact) mass is 296 g/mol. The molecule has 0 fully saturated rings. The van der Waals surface area contributed by atoms with Gasteiger partial charge in [-0.1, -0.05) is 17.7 Å². The van der Waals surface area contributed by atoms with Crippen molar-refractivity contribution in [3.05, 3.63) is 39.9 Å². The molecule has 0 aliphatic heterocycles. The Balaban J connectivity index is 2.11. The van der Waals surface area contributed by atoms with Gasteiger partial charge >= 0.3 is 0 Å². The molecule has 1 atom stereocenters. The van der Waals surface area contributed by atoms with Crippen LogP contribution in [-0.4, -0.2) is 18.3 Å². The summed E-state index contributed by atoms with van der Waals surface area (Å²) in [5.74, 6) is 0.853. The van der Waals surface area contributed by atoms with Gasteiger partial charge in [0.15, 0.2) is 0 Å². The predicted octanol–water partition coefficient (Wildman–Crippen LogP) is 3.47. The average Bonchev–Trinajstić information content (AvgIpc) is 2.29. The molecule has 0 radical (unpaired) electrons. The predicted molar refractivity (Wildman–Crippen MR) is 72.3 cm³/mol. The fraction of sp³-hybridized carbons (Fsp3) is 0.429. The van der Waals surface area contributed by atoms with Crippen molar-refractivity contribution in [3.8, 4) is 5.75 Å². The number of hydrogen-bond acceptors (Lipinski definition) is 2. The van der Waals surface area contributed by atoms with Crippen molar-refractivity contribution in [3.63, 3.8) is 0 Å². The molecular weight excluding hydrogens is 280 g/mol. The smallest absolute Gasteiger partial charge is 0.133 e. The molecule has 0 heterocycles. The molecule has 0 saturated carbocycles. The Bertz CT molecular complexity index is 426. The molecular formula is C14H17BrO2. The van der Waals surface area contributed by atoms with Gasteiger partial charge in [0.25, 0.3) is 0 Å². The highest BCUT2D eigenvalue weighted by Gasteiger charge is 2.11. The fourth-order valence-electron chi connectivity index (χ4n) is 2.21. The third-order valence-electron chi connectivity index (χ3n) is 3.07. The first kappa shape index (κ1) is 12.7. The Morgan fingerprint density at radius 3 is 2.94 bits per heavy atom. The molecule has 17 heavy (non-hydrogen) atoms. The molecule has 1 unspecified atom stereocenters. The summed E-state index contributed by atoms with van der Waals surface area (Å²) in [6.45, 7) is 0. The van der Waals surface area contributed by atoms with Crippen LogP contribution in [0.15, 0.2) is 34.3 Å². The lowest BCUT2D eigenvalue weighted by Crippen LogP contribution is -2.10. The van der Waals surface area contributed by atoms with E-state index in [0.717, 1.165) is 35.9 Å². The zero-order valence-corrected chi connectivity index (χ0v) is 11.5. The second-order valence-corrected chi connectivity index (χ2v) is 5.28. The summed E-state index contributed by atoms with van der Waals surface area (Å²) in [4.78, 5) is 0. The van der Waals surface area contributed by atoms with E-state index in [-0.39, 0.29) is 6.10 Å². The van der Waals surface area contributed by atoms with Crippen LogP contribution in [0.4, 0.5) is 0 Å². The van der Waals surface area contributed by atoms with Gasteiger partial charge in [-0.2, -0.15) is 0 Å². The second-order valence-electron chi connectivity index (χ2n) is 4.43. The molecule has 1 aliphatic rings. The van der Waals surface area contributed by atoms with Gasteiger partial charge in [-0.25, -0.2) is 0 Å². The summed E-state index contributed by atoms with van der Waals surface area (Å²) in [5, 5.41) is 9.59. The first-order valence-electron chi connectivity index (χ1n) is 5.89. The fourth-order valence-corrected chi connectivity index (χ4v) is 2.79. The van der Waals surface area contributed by atoms with Crippen molar-refractivity contribution in [1.82, 2.24) is 0 Å². The summed E-state index contributed by atoms with van der Waals surface area (Å²) in [7, 11) is 1.67. The van der Waals surface area contributed by atoms with Crippen LogP contribution in [0.3, 0.4) is 0 Å². The quantitative estimate of drug-likeness (QED) is 0.866. The van der Waals surface area contributed by atoms with Crippen LogP contribution in [0.5, 0.6) is 5.75 Å². The first-order chi connectivity index (χ1) is 8.19. The molecule has 1 aromatic rings. The summed E-state index contributed by atoms with van der Waals surface area (Å²) >= 11 is 3.49. The topological polar surface area (TPSA) is 29.5 Å². The van der Waals surface area contributed by atoms with Gasteiger partial charge in [0, 0.05) is 0 Å². The Kier molecular flexibility index (Phi) is 4.24. The lowest BCUT2D eigenvalue weighted by atomic mass is 9.93. The molecule has 0 saturated heterocycles. The maximum atomic E-state index is 9.59. The van der Waals surface area contributed by atoms with Gasteiger partial charge in [0.05, 0.1) is 17.7 Å². The SMILES string of the molecule is COc1ccc(CC2=CC(O)CCC2)cc1Br. The molecule has 1 N–H and O–H groups in total. The molecule has 0 amide bonds. The van der Waals surface area contributed by atoms with Crippen LogP contribution < -0.4 is 4.74 Å². The largest absolute Gasteiger partial charge is 0.496 e. The highest BCUT2D eigenvalue weighted by molar-refractivity contribution is 9.10. The normalized spacial score (nSPS) is 19.9. The van der Waals surface area contributed by atoms with E-state index in [9.17, 15) is 5.11 Å². The lowest BCUT2D eigenvalue weighted by Gasteiger charge is -2.17. The molecule has 0 bridgehead atoms. The van der Waals surface area contributed by atoms with Crippen LogP contribution in [0.25, 0.3) is 0 Å². The number of ether oxygens (including phenoxy) is 1. The van der Waals surface area contributed by atoms with Crippen molar-refractivity contribution in [2.75, 3.05) is 7.11 Å². The van der Waals surface area contributed by atoms with Gasteiger partial charge < -0.3 is 9.84 Å². The number of aliphatic hydroxyl groups is 1. The van der Waals surface area contributed by atoms with E-state index >= 15 is 0 Å². The van der Waals surface area contributed by atoms with Crippen molar-refractivity contribution in [2.45, 2.75) is 31.8 Å². The van der Waals surface area contributed by atoms with E-state index in [1.807, 2.05) is 12.1 Å². The molecule has 0 aromatic heterocycles. The molecule has 0 spiro atoms. The average molecular weight is 297 g/mol. The number of allylic oxidation sites excluding steroid dienone is 1. The Hall–Kier alpha value is -0.800. The Morgan fingerprint density at radius 2 is 2.29 bits per heavy atom. The summed E-state index contributed by atoms with van der Waals surface area (Å²) in [6, 6.07) is 6.13. The zero-order chi connectivity index (χ0) is 12.3.